The molecule has 28 heavy (non-hydrogen) atoms. The lowest BCUT2D eigenvalue weighted by Crippen LogP contribution is -2.52. The monoisotopic (exact) mass is 403 g/mol. The molecule has 0 unspecified atom stereocenters. The Bertz CT molecular complexity index is 835. The second-order valence-corrected chi connectivity index (χ2v) is 9.54. The molecule has 0 radical (unpaired) electrons. The Balaban J connectivity index is 1.31. The summed E-state index contributed by atoms with van der Waals surface area (Å²) < 4.78 is 31.1. The molecule has 1 aromatic heterocycles. The van der Waals surface area contributed by atoms with Gasteiger partial charge in [0.1, 0.15) is 0 Å². The Morgan fingerprint density at radius 2 is 1.46 bits per heavy atom. The second-order valence-electron chi connectivity index (χ2n) is 7.61. The highest BCUT2D eigenvalue weighted by Gasteiger charge is 2.32. The summed E-state index contributed by atoms with van der Waals surface area (Å²) in [6, 6.07) is 10.3. The zero-order valence-electron chi connectivity index (χ0n) is 16.3. The van der Waals surface area contributed by atoms with Gasteiger partial charge in [-0.25, -0.2) is 4.68 Å². The van der Waals surface area contributed by atoms with E-state index in [0.29, 0.717) is 26.2 Å². The standard InChI is InChI=1S/C20H29N5O2S/c26-28(27,23-11-3-1-2-4-12-23)24-16-14-22(15-17-24)18-19-6-8-20(9-7-19)25-13-5-10-21-25/h5-10,13H,1-4,11-12,14-18H2. The highest BCUT2D eigenvalue weighted by Crippen LogP contribution is 2.19. The summed E-state index contributed by atoms with van der Waals surface area (Å²) in [6.45, 7) is 4.88. The minimum Gasteiger partial charge on any atom is -0.296 e. The van der Waals surface area contributed by atoms with Gasteiger partial charge in [-0.15, -0.1) is 0 Å². The molecule has 0 aliphatic carbocycles. The van der Waals surface area contributed by atoms with Crippen LogP contribution in [0, 0.1) is 0 Å². The maximum atomic E-state index is 12.9. The van der Waals surface area contributed by atoms with Gasteiger partial charge < -0.3 is 0 Å². The SMILES string of the molecule is O=S(=O)(N1CCCCCC1)N1CCN(Cc2ccc(-n3cccn3)cc2)CC1. The molecule has 0 spiro atoms. The van der Waals surface area contributed by atoms with Crippen LogP contribution in [0.2, 0.25) is 0 Å². The molecule has 2 aliphatic rings. The van der Waals surface area contributed by atoms with Crippen LogP contribution < -0.4 is 0 Å². The van der Waals surface area contributed by atoms with Gasteiger partial charge in [0.05, 0.1) is 5.69 Å². The first kappa shape index (κ1) is 19.6. The molecule has 0 atom stereocenters. The molecule has 8 heteroatoms. The van der Waals surface area contributed by atoms with Gasteiger partial charge in [0.2, 0.25) is 0 Å². The molecule has 2 saturated heterocycles. The average molecular weight is 404 g/mol. The van der Waals surface area contributed by atoms with Crippen LogP contribution in [-0.4, -0.2) is 71.0 Å². The molecule has 0 N–H and O–H groups in total. The van der Waals surface area contributed by atoms with Gasteiger partial charge in [0.15, 0.2) is 0 Å². The predicted octanol–water partition coefficient (Wildman–Crippen LogP) is 2.11. The first-order chi connectivity index (χ1) is 13.6. The Hall–Kier alpha value is -1.74. The van der Waals surface area contributed by atoms with Crippen molar-refractivity contribution < 1.29 is 8.42 Å². The van der Waals surface area contributed by atoms with Crippen molar-refractivity contribution in [3.63, 3.8) is 0 Å². The molecule has 2 aromatic rings. The van der Waals surface area contributed by atoms with E-state index in [9.17, 15) is 8.42 Å². The quantitative estimate of drug-likeness (QED) is 0.767. The lowest BCUT2D eigenvalue weighted by atomic mass is 10.2. The highest BCUT2D eigenvalue weighted by molar-refractivity contribution is 7.86. The third-order valence-corrected chi connectivity index (χ3v) is 7.70. The number of piperazine rings is 1. The van der Waals surface area contributed by atoms with Crippen molar-refractivity contribution in [2.75, 3.05) is 39.3 Å². The van der Waals surface area contributed by atoms with Crippen LogP contribution in [0.5, 0.6) is 0 Å². The van der Waals surface area contributed by atoms with Gasteiger partial charge in [0, 0.05) is 58.2 Å². The van der Waals surface area contributed by atoms with Crippen molar-refractivity contribution in [2.24, 2.45) is 0 Å². The minimum absolute atomic E-state index is 0.574. The summed E-state index contributed by atoms with van der Waals surface area (Å²) in [5.74, 6) is 0. The van der Waals surface area contributed by atoms with Crippen LogP contribution in [-0.2, 0) is 16.8 Å². The molecule has 152 valence electrons. The molecule has 7 nitrogen and oxygen atoms in total. The van der Waals surface area contributed by atoms with E-state index in [-0.39, 0.29) is 0 Å². The molecule has 3 heterocycles. The van der Waals surface area contributed by atoms with E-state index in [4.69, 9.17) is 0 Å². The largest absolute Gasteiger partial charge is 0.296 e. The summed E-state index contributed by atoms with van der Waals surface area (Å²) >= 11 is 0. The maximum Gasteiger partial charge on any atom is 0.282 e. The Labute approximate surface area is 167 Å². The van der Waals surface area contributed by atoms with Crippen LogP contribution in [0.15, 0.2) is 42.7 Å². The van der Waals surface area contributed by atoms with Crippen LogP contribution in [0.3, 0.4) is 0 Å². The van der Waals surface area contributed by atoms with Crippen molar-refractivity contribution in [1.82, 2.24) is 23.3 Å². The molecule has 0 amide bonds. The van der Waals surface area contributed by atoms with E-state index in [2.05, 4.69) is 34.3 Å². The van der Waals surface area contributed by atoms with Crippen molar-refractivity contribution in [2.45, 2.75) is 32.2 Å². The van der Waals surface area contributed by atoms with E-state index < -0.39 is 10.2 Å². The highest BCUT2D eigenvalue weighted by atomic mass is 32.2. The van der Waals surface area contributed by atoms with Crippen LogP contribution in [0.25, 0.3) is 5.69 Å². The summed E-state index contributed by atoms with van der Waals surface area (Å²) in [5.41, 5.74) is 2.28. The van der Waals surface area contributed by atoms with Gasteiger partial charge >= 0.3 is 0 Å². The number of benzene rings is 1. The molecule has 4 rings (SSSR count). The van der Waals surface area contributed by atoms with Gasteiger partial charge in [-0.05, 0) is 36.6 Å². The van der Waals surface area contributed by atoms with Crippen LogP contribution >= 0.6 is 0 Å². The molecule has 0 bridgehead atoms. The minimum atomic E-state index is -3.31. The fourth-order valence-corrected chi connectivity index (χ4v) is 5.66. The summed E-state index contributed by atoms with van der Waals surface area (Å²) in [6.07, 6.45) is 7.94. The number of hydrogen-bond acceptors (Lipinski definition) is 4. The van der Waals surface area contributed by atoms with Gasteiger partial charge in [-0.1, -0.05) is 25.0 Å². The summed E-state index contributed by atoms with van der Waals surface area (Å²) in [4.78, 5) is 2.33. The normalized spacial score (nSPS) is 20.9. The summed E-state index contributed by atoms with van der Waals surface area (Å²) in [7, 11) is -3.31. The molecule has 1 aromatic carbocycles. The second kappa shape index (κ2) is 8.73. The van der Waals surface area contributed by atoms with Crippen LogP contribution in [0.4, 0.5) is 0 Å². The topological polar surface area (TPSA) is 61.7 Å². The average Bonchev–Trinajstić information content (AvgIpc) is 3.10. The molecule has 2 aliphatic heterocycles. The number of aromatic nitrogens is 2. The molecule has 0 saturated carbocycles. The summed E-state index contributed by atoms with van der Waals surface area (Å²) in [5, 5.41) is 4.25. The third-order valence-electron chi connectivity index (χ3n) is 5.66. The van der Waals surface area contributed by atoms with E-state index in [1.807, 2.05) is 16.9 Å². The van der Waals surface area contributed by atoms with E-state index in [1.165, 1.54) is 5.56 Å². The van der Waals surface area contributed by atoms with Crippen molar-refractivity contribution in [1.29, 1.82) is 0 Å². The van der Waals surface area contributed by atoms with Crippen molar-refractivity contribution in [3.8, 4) is 5.69 Å². The zero-order valence-corrected chi connectivity index (χ0v) is 17.1. The first-order valence-electron chi connectivity index (χ1n) is 10.2. The third kappa shape index (κ3) is 4.46. The lowest BCUT2D eigenvalue weighted by molar-refractivity contribution is 0.175. The van der Waals surface area contributed by atoms with Crippen LogP contribution in [0.1, 0.15) is 31.2 Å². The fraction of sp³-hybridized carbons (Fsp3) is 0.550. The Kier molecular flexibility index (Phi) is 6.10. The smallest absolute Gasteiger partial charge is 0.282 e. The molecular weight excluding hydrogens is 374 g/mol. The van der Waals surface area contributed by atoms with Gasteiger partial charge in [-0.2, -0.15) is 22.1 Å². The fourth-order valence-electron chi connectivity index (χ4n) is 3.99. The zero-order chi connectivity index (χ0) is 19.4. The Morgan fingerprint density at radius 3 is 2.07 bits per heavy atom. The lowest BCUT2D eigenvalue weighted by Gasteiger charge is -2.36. The van der Waals surface area contributed by atoms with E-state index in [1.54, 1.807) is 14.8 Å². The molecular formula is C20H29N5O2S. The maximum absolute atomic E-state index is 12.9. The van der Waals surface area contributed by atoms with E-state index >= 15 is 0 Å². The molecule has 2 fully saturated rings. The number of hydrogen-bond donors (Lipinski definition) is 0. The van der Waals surface area contributed by atoms with Gasteiger partial charge in [0.25, 0.3) is 10.2 Å². The Morgan fingerprint density at radius 1 is 0.821 bits per heavy atom. The first-order valence-corrected chi connectivity index (χ1v) is 11.6. The predicted molar refractivity (Wildman–Crippen MR) is 109 cm³/mol. The van der Waals surface area contributed by atoms with Crippen molar-refractivity contribution >= 4 is 10.2 Å². The van der Waals surface area contributed by atoms with Gasteiger partial charge in [-0.3, -0.25) is 4.90 Å². The van der Waals surface area contributed by atoms with Crippen molar-refractivity contribution in [3.05, 3.63) is 48.3 Å². The number of nitrogens with zero attached hydrogens (tertiary/aromatic N) is 5. The number of rotatable bonds is 5. The van der Waals surface area contributed by atoms with E-state index in [0.717, 1.165) is 51.0 Å².